The lowest BCUT2D eigenvalue weighted by molar-refractivity contribution is 0.241. The molecule has 0 fully saturated rings. The maximum absolute atomic E-state index is 5.40. The fourth-order valence-corrected chi connectivity index (χ4v) is 2.03. The van der Waals surface area contributed by atoms with Crippen molar-refractivity contribution in [2.45, 2.75) is 13.5 Å². The molecule has 0 saturated carbocycles. The summed E-state index contributed by atoms with van der Waals surface area (Å²) in [6, 6.07) is 14.9. The second kappa shape index (κ2) is 3.13. The van der Waals surface area contributed by atoms with E-state index < -0.39 is 0 Å². The number of ether oxygens (including phenoxy) is 1. The Morgan fingerprint density at radius 1 is 1.00 bits per heavy atom. The van der Waals surface area contributed by atoms with Crippen molar-refractivity contribution in [1.82, 2.24) is 0 Å². The molecule has 0 aromatic heterocycles. The smallest absolute Gasteiger partial charge is 0.129 e. The third-order valence-electron chi connectivity index (χ3n) is 2.83. The van der Waals surface area contributed by atoms with E-state index in [9.17, 15) is 0 Å². The summed E-state index contributed by atoms with van der Waals surface area (Å²) >= 11 is 0. The molecule has 0 aliphatic carbocycles. The molecule has 3 rings (SSSR count). The quantitative estimate of drug-likeness (QED) is 0.677. The topological polar surface area (TPSA) is 9.23 Å². The number of hydrogen-bond acceptors (Lipinski definition) is 1. The maximum Gasteiger partial charge on any atom is 0.129 e. The number of rotatable bonds is 1. The first-order chi connectivity index (χ1) is 7.34. The van der Waals surface area contributed by atoms with Crippen LogP contribution in [-0.2, 0) is 6.61 Å². The zero-order chi connectivity index (χ0) is 10.3. The minimum Gasteiger partial charge on any atom is -0.488 e. The van der Waals surface area contributed by atoms with Gasteiger partial charge in [0.2, 0.25) is 0 Å². The summed E-state index contributed by atoms with van der Waals surface area (Å²) in [5.41, 5.74) is 5.12. The minimum atomic E-state index is 0.761. The zero-order valence-corrected chi connectivity index (χ0v) is 8.66. The van der Waals surface area contributed by atoms with E-state index in [2.05, 4.69) is 43.3 Å². The number of fused-ring (bicyclic) bond motifs is 1. The molecular weight excluding hydrogens is 184 g/mol. The van der Waals surface area contributed by atoms with Gasteiger partial charge in [-0.1, -0.05) is 30.3 Å². The van der Waals surface area contributed by atoms with E-state index in [0.717, 1.165) is 12.4 Å². The van der Waals surface area contributed by atoms with Gasteiger partial charge < -0.3 is 4.74 Å². The monoisotopic (exact) mass is 196 g/mol. The van der Waals surface area contributed by atoms with Crippen LogP contribution in [-0.4, -0.2) is 0 Å². The van der Waals surface area contributed by atoms with Crippen LogP contribution in [0.3, 0.4) is 0 Å². The summed E-state index contributed by atoms with van der Waals surface area (Å²) in [6.07, 6.45) is 0. The molecule has 1 nitrogen and oxygen atoms in total. The minimum absolute atomic E-state index is 0.761. The van der Waals surface area contributed by atoms with E-state index in [1.807, 2.05) is 6.07 Å². The Kier molecular flexibility index (Phi) is 1.78. The van der Waals surface area contributed by atoms with Crippen LogP contribution in [0.5, 0.6) is 5.75 Å². The molecule has 0 spiro atoms. The van der Waals surface area contributed by atoms with Gasteiger partial charge in [0.15, 0.2) is 0 Å². The van der Waals surface area contributed by atoms with Crippen molar-refractivity contribution >= 4 is 0 Å². The van der Waals surface area contributed by atoms with Crippen molar-refractivity contribution in [3.05, 3.63) is 53.6 Å². The maximum atomic E-state index is 5.40. The molecule has 0 atom stereocenters. The highest BCUT2D eigenvalue weighted by Crippen LogP contribution is 2.36. The summed E-state index contributed by atoms with van der Waals surface area (Å²) in [7, 11) is 0. The summed E-state index contributed by atoms with van der Waals surface area (Å²) in [4.78, 5) is 0. The summed E-state index contributed by atoms with van der Waals surface area (Å²) in [5.74, 6) is 1.08. The van der Waals surface area contributed by atoms with Crippen LogP contribution in [0.4, 0.5) is 0 Å². The van der Waals surface area contributed by atoms with Gasteiger partial charge >= 0.3 is 0 Å². The van der Waals surface area contributed by atoms with Gasteiger partial charge in [-0.25, -0.2) is 0 Å². The van der Waals surface area contributed by atoms with Crippen LogP contribution < -0.4 is 4.74 Å². The molecule has 0 amide bonds. The van der Waals surface area contributed by atoms with Crippen LogP contribution >= 0.6 is 0 Å². The molecule has 1 heteroatoms. The van der Waals surface area contributed by atoms with Gasteiger partial charge in [0.1, 0.15) is 12.4 Å². The van der Waals surface area contributed by atoms with Gasteiger partial charge in [0.05, 0.1) is 0 Å². The van der Waals surface area contributed by atoms with Crippen LogP contribution in [0.15, 0.2) is 42.5 Å². The molecule has 0 unspecified atom stereocenters. The van der Waals surface area contributed by atoms with Crippen molar-refractivity contribution in [3.63, 3.8) is 0 Å². The van der Waals surface area contributed by atoms with Gasteiger partial charge in [0, 0.05) is 5.56 Å². The SMILES string of the molecule is Cc1cc(-c2ccccc2)cc2c1OC2. The van der Waals surface area contributed by atoms with Crippen LogP contribution in [0.2, 0.25) is 0 Å². The third-order valence-corrected chi connectivity index (χ3v) is 2.83. The van der Waals surface area contributed by atoms with Crippen LogP contribution in [0.1, 0.15) is 11.1 Å². The molecule has 0 saturated heterocycles. The van der Waals surface area contributed by atoms with E-state index in [1.54, 1.807) is 0 Å². The zero-order valence-electron chi connectivity index (χ0n) is 8.66. The standard InChI is InChI=1S/C14H12O/c1-10-7-12(8-13-9-15-14(10)13)11-5-3-2-4-6-11/h2-8H,9H2,1H3. The van der Waals surface area contributed by atoms with Crippen molar-refractivity contribution in [3.8, 4) is 16.9 Å². The Morgan fingerprint density at radius 2 is 1.80 bits per heavy atom. The van der Waals surface area contributed by atoms with Crippen molar-refractivity contribution in [2.24, 2.45) is 0 Å². The van der Waals surface area contributed by atoms with Gasteiger partial charge in [-0.2, -0.15) is 0 Å². The van der Waals surface area contributed by atoms with Gasteiger partial charge in [-0.05, 0) is 35.7 Å². The van der Waals surface area contributed by atoms with E-state index in [0.29, 0.717) is 0 Å². The first-order valence-electron chi connectivity index (χ1n) is 5.16. The van der Waals surface area contributed by atoms with E-state index in [1.165, 1.54) is 22.3 Å². The van der Waals surface area contributed by atoms with Gasteiger partial charge in [0.25, 0.3) is 0 Å². The number of aryl methyl sites for hydroxylation is 1. The molecule has 0 bridgehead atoms. The normalized spacial score (nSPS) is 12.6. The molecule has 2 aromatic carbocycles. The Morgan fingerprint density at radius 3 is 2.40 bits per heavy atom. The molecule has 15 heavy (non-hydrogen) atoms. The van der Waals surface area contributed by atoms with Crippen molar-refractivity contribution in [2.75, 3.05) is 0 Å². The van der Waals surface area contributed by atoms with Crippen LogP contribution in [0, 0.1) is 6.92 Å². The first-order valence-corrected chi connectivity index (χ1v) is 5.16. The second-order valence-electron chi connectivity index (χ2n) is 3.94. The Hall–Kier alpha value is -1.76. The highest BCUT2D eigenvalue weighted by atomic mass is 16.5. The van der Waals surface area contributed by atoms with E-state index in [-0.39, 0.29) is 0 Å². The Balaban J connectivity index is 2.14. The molecule has 2 aromatic rings. The third kappa shape index (κ3) is 1.32. The predicted octanol–water partition coefficient (Wildman–Crippen LogP) is 3.55. The fourth-order valence-electron chi connectivity index (χ4n) is 2.03. The lowest BCUT2D eigenvalue weighted by Crippen LogP contribution is -2.10. The summed E-state index contributed by atoms with van der Waals surface area (Å²) in [5, 5.41) is 0. The molecular formula is C14H12O. The van der Waals surface area contributed by atoms with Crippen molar-refractivity contribution in [1.29, 1.82) is 0 Å². The molecule has 1 heterocycles. The highest BCUT2D eigenvalue weighted by Gasteiger charge is 2.18. The Labute approximate surface area is 89.3 Å². The summed E-state index contributed by atoms with van der Waals surface area (Å²) < 4.78 is 5.40. The second-order valence-corrected chi connectivity index (χ2v) is 3.94. The molecule has 74 valence electrons. The first kappa shape index (κ1) is 8.54. The Bertz CT molecular complexity index is 483. The molecule has 1 aliphatic rings. The van der Waals surface area contributed by atoms with E-state index in [4.69, 9.17) is 4.74 Å². The van der Waals surface area contributed by atoms with Gasteiger partial charge in [-0.15, -0.1) is 0 Å². The predicted molar refractivity (Wildman–Crippen MR) is 60.9 cm³/mol. The average molecular weight is 196 g/mol. The number of benzene rings is 2. The average Bonchev–Trinajstić information content (AvgIpc) is 2.22. The lowest BCUT2D eigenvalue weighted by atomic mass is 9.97. The molecule has 1 aliphatic heterocycles. The number of hydrogen-bond donors (Lipinski definition) is 0. The van der Waals surface area contributed by atoms with Crippen molar-refractivity contribution < 1.29 is 4.74 Å². The molecule has 0 N–H and O–H groups in total. The van der Waals surface area contributed by atoms with Crippen LogP contribution in [0.25, 0.3) is 11.1 Å². The largest absolute Gasteiger partial charge is 0.488 e. The lowest BCUT2D eigenvalue weighted by Gasteiger charge is -2.23. The fraction of sp³-hybridized carbons (Fsp3) is 0.143. The molecule has 0 radical (unpaired) electrons. The summed E-state index contributed by atoms with van der Waals surface area (Å²) in [6.45, 7) is 2.86. The highest BCUT2D eigenvalue weighted by molar-refractivity contribution is 5.68. The van der Waals surface area contributed by atoms with Gasteiger partial charge in [-0.3, -0.25) is 0 Å². The van der Waals surface area contributed by atoms with E-state index >= 15 is 0 Å².